The number of benzene rings is 1. The van der Waals surface area contributed by atoms with Crippen molar-refractivity contribution in [2.75, 3.05) is 18.5 Å². The lowest BCUT2D eigenvalue weighted by molar-refractivity contribution is 0.102. The highest BCUT2D eigenvalue weighted by molar-refractivity contribution is 6.04. The molecule has 0 bridgehead atoms. The van der Waals surface area contributed by atoms with Crippen LogP contribution in [0.15, 0.2) is 55.4 Å². The molecule has 1 aliphatic heterocycles. The number of hydrogen-bond donors (Lipinski definition) is 2. The molecule has 1 fully saturated rings. The van der Waals surface area contributed by atoms with Crippen molar-refractivity contribution in [3.05, 3.63) is 66.8 Å². The first-order valence-electron chi connectivity index (χ1n) is 10.8. The van der Waals surface area contributed by atoms with Gasteiger partial charge in [-0.15, -0.1) is 10.2 Å². The van der Waals surface area contributed by atoms with E-state index in [1.807, 2.05) is 29.0 Å². The molecule has 1 aliphatic carbocycles. The fourth-order valence-electron chi connectivity index (χ4n) is 4.03. The van der Waals surface area contributed by atoms with Crippen LogP contribution in [0.3, 0.4) is 0 Å². The molecule has 4 heterocycles. The minimum Gasteiger partial charge on any atom is -0.488 e. The number of anilines is 1. The number of pyridine rings is 1. The van der Waals surface area contributed by atoms with Crippen LogP contribution in [0.2, 0.25) is 0 Å². The summed E-state index contributed by atoms with van der Waals surface area (Å²) in [6, 6.07) is 8.67. The van der Waals surface area contributed by atoms with E-state index in [4.69, 9.17) is 4.74 Å². The molecule has 6 rings (SSSR count). The zero-order valence-electron chi connectivity index (χ0n) is 17.6. The fraction of sp³-hybridized carbons (Fsp3) is 0.261. The Labute approximate surface area is 188 Å². The first-order chi connectivity index (χ1) is 16.2. The monoisotopic (exact) mass is 443 g/mol. The van der Waals surface area contributed by atoms with Crippen molar-refractivity contribution in [2.24, 2.45) is 0 Å². The van der Waals surface area contributed by atoms with Crippen LogP contribution in [0.5, 0.6) is 5.75 Å². The number of imidazole rings is 1. The van der Waals surface area contributed by atoms with Crippen LogP contribution in [0, 0.1) is 0 Å². The molecule has 1 unspecified atom stereocenters. The predicted octanol–water partition coefficient (Wildman–Crippen LogP) is 2.58. The molecule has 10 heteroatoms. The van der Waals surface area contributed by atoms with Crippen LogP contribution in [-0.2, 0) is 0 Å². The molecule has 0 saturated heterocycles. The van der Waals surface area contributed by atoms with Gasteiger partial charge >= 0.3 is 0 Å². The molecule has 0 spiro atoms. The van der Waals surface area contributed by atoms with Crippen molar-refractivity contribution >= 4 is 11.6 Å². The number of rotatable bonds is 5. The summed E-state index contributed by atoms with van der Waals surface area (Å²) in [5, 5.41) is 20.8. The van der Waals surface area contributed by atoms with E-state index >= 15 is 0 Å². The maximum absolute atomic E-state index is 13.1. The van der Waals surface area contributed by atoms with E-state index in [0.29, 0.717) is 28.7 Å². The second-order valence-electron chi connectivity index (χ2n) is 8.22. The topological polar surface area (TPSA) is 120 Å². The third-order valence-corrected chi connectivity index (χ3v) is 5.97. The zero-order chi connectivity index (χ0) is 22.4. The Hall–Kier alpha value is -4.05. The highest BCUT2D eigenvalue weighted by Crippen LogP contribution is 2.40. The lowest BCUT2D eigenvalue weighted by Gasteiger charge is -2.15. The third-order valence-electron chi connectivity index (χ3n) is 5.97. The van der Waals surface area contributed by atoms with E-state index in [1.165, 1.54) is 12.8 Å². The number of amides is 1. The van der Waals surface area contributed by atoms with E-state index < -0.39 is 0 Å². The first-order valence-corrected chi connectivity index (χ1v) is 10.8. The molecule has 0 radical (unpaired) electrons. The van der Waals surface area contributed by atoms with Crippen LogP contribution in [0.4, 0.5) is 5.69 Å². The number of ether oxygens (including phenoxy) is 1. The normalized spacial score (nSPS) is 16.9. The maximum atomic E-state index is 13.1. The number of aliphatic hydroxyl groups is 1. The van der Waals surface area contributed by atoms with Crippen molar-refractivity contribution in [1.82, 2.24) is 29.3 Å². The number of nitrogens with one attached hydrogen (secondary N) is 1. The van der Waals surface area contributed by atoms with E-state index in [1.54, 1.807) is 35.6 Å². The number of carbonyl (C=O) groups is 1. The smallest absolute Gasteiger partial charge is 0.274 e. The van der Waals surface area contributed by atoms with Crippen LogP contribution in [0.1, 0.15) is 41.0 Å². The second kappa shape index (κ2) is 7.82. The van der Waals surface area contributed by atoms with Gasteiger partial charge < -0.3 is 24.3 Å². The van der Waals surface area contributed by atoms with Crippen molar-refractivity contribution in [2.45, 2.75) is 24.8 Å². The summed E-state index contributed by atoms with van der Waals surface area (Å²) in [5.41, 5.74) is 3.36. The maximum Gasteiger partial charge on any atom is 0.274 e. The van der Waals surface area contributed by atoms with Gasteiger partial charge in [-0.05, 0) is 37.1 Å². The van der Waals surface area contributed by atoms with Crippen molar-refractivity contribution < 1.29 is 14.6 Å². The summed E-state index contributed by atoms with van der Waals surface area (Å²) in [6.45, 7) is 0.104. The minimum atomic E-state index is -0.360. The number of para-hydroxylation sites is 1. The Balaban J connectivity index is 1.29. The summed E-state index contributed by atoms with van der Waals surface area (Å²) < 4.78 is 9.68. The molecule has 4 aromatic rings. The molecule has 1 aromatic carbocycles. The predicted molar refractivity (Wildman–Crippen MR) is 118 cm³/mol. The molecular formula is C23H21N7O3. The molecule has 33 heavy (non-hydrogen) atoms. The quantitative estimate of drug-likeness (QED) is 0.486. The number of carbonyl (C=O) groups excluding carboxylic acids is 1. The molecular weight excluding hydrogens is 422 g/mol. The van der Waals surface area contributed by atoms with E-state index in [2.05, 4.69) is 25.5 Å². The molecule has 1 amide bonds. The molecule has 10 nitrogen and oxygen atoms in total. The van der Waals surface area contributed by atoms with Gasteiger partial charge in [-0.1, -0.05) is 6.07 Å². The van der Waals surface area contributed by atoms with E-state index in [0.717, 1.165) is 11.4 Å². The summed E-state index contributed by atoms with van der Waals surface area (Å²) in [6.07, 6.45) is 9.31. The Bertz CT molecular complexity index is 1340. The lowest BCUT2D eigenvalue weighted by Crippen LogP contribution is -2.19. The Kier molecular flexibility index (Phi) is 4.65. The lowest BCUT2D eigenvalue weighted by atomic mass is 10.1. The molecule has 3 aromatic heterocycles. The zero-order valence-corrected chi connectivity index (χ0v) is 17.6. The molecule has 2 aliphatic rings. The highest BCUT2D eigenvalue weighted by atomic mass is 16.5. The van der Waals surface area contributed by atoms with Crippen LogP contribution in [0.25, 0.3) is 17.1 Å². The van der Waals surface area contributed by atoms with E-state index in [-0.39, 0.29) is 30.9 Å². The summed E-state index contributed by atoms with van der Waals surface area (Å²) in [5.74, 6) is 1.25. The minimum absolute atomic E-state index is 0.117. The van der Waals surface area contributed by atoms with Gasteiger partial charge in [-0.2, -0.15) is 0 Å². The Morgan fingerprint density at radius 3 is 2.97 bits per heavy atom. The molecule has 166 valence electrons. The highest BCUT2D eigenvalue weighted by Gasteiger charge is 2.27. The first kappa shape index (κ1) is 19.6. The van der Waals surface area contributed by atoms with Crippen LogP contribution < -0.4 is 10.1 Å². The molecule has 2 N–H and O–H groups in total. The summed E-state index contributed by atoms with van der Waals surface area (Å²) in [4.78, 5) is 21.8. The SMILES string of the molecule is O=C(Nc1cccc2c1OCC(CO)n1cnnc1-2)c1cc(-n2cnc(C3CC3)c2)ccn1. The largest absolute Gasteiger partial charge is 0.488 e. The number of fused-ring (bicyclic) bond motifs is 3. The van der Waals surface area contributed by atoms with E-state index in [9.17, 15) is 9.90 Å². The number of aliphatic hydroxyl groups excluding tert-OH is 1. The van der Waals surface area contributed by atoms with Gasteiger partial charge in [0, 0.05) is 18.3 Å². The van der Waals surface area contributed by atoms with Gasteiger partial charge in [0.15, 0.2) is 11.6 Å². The Morgan fingerprint density at radius 1 is 1.21 bits per heavy atom. The number of aromatic nitrogens is 6. The van der Waals surface area contributed by atoms with Crippen molar-refractivity contribution in [3.8, 4) is 22.8 Å². The van der Waals surface area contributed by atoms with Gasteiger partial charge in [-0.3, -0.25) is 9.78 Å². The van der Waals surface area contributed by atoms with Gasteiger partial charge in [0.1, 0.15) is 18.6 Å². The summed E-state index contributed by atoms with van der Waals surface area (Å²) >= 11 is 0. The number of nitrogens with zero attached hydrogens (tertiary/aromatic N) is 6. The summed E-state index contributed by atoms with van der Waals surface area (Å²) in [7, 11) is 0. The van der Waals surface area contributed by atoms with Crippen LogP contribution in [-0.4, -0.2) is 53.5 Å². The van der Waals surface area contributed by atoms with Crippen molar-refractivity contribution in [3.63, 3.8) is 0 Å². The van der Waals surface area contributed by atoms with Gasteiger partial charge in [0.05, 0.1) is 41.6 Å². The number of hydrogen-bond acceptors (Lipinski definition) is 7. The van der Waals surface area contributed by atoms with Crippen LogP contribution >= 0.6 is 0 Å². The standard InChI is InChI=1S/C23H21N7O3/c31-10-16-11-33-21-17(22-28-26-13-30(16)22)2-1-3-18(21)27-23(32)19-8-15(6-7-24-19)29-9-20(25-12-29)14-4-5-14/h1-3,6-9,12-14,16,31H,4-5,10-11H2,(H,27,32). The molecule has 1 atom stereocenters. The van der Waals surface area contributed by atoms with Gasteiger partial charge in [0.25, 0.3) is 5.91 Å². The van der Waals surface area contributed by atoms with Gasteiger partial charge in [-0.25, -0.2) is 4.98 Å². The second-order valence-corrected chi connectivity index (χ2v) is 8.22. The Morgan fingerprint density at radius 2 is 2.12 bits per heavy atom. The molecule has 1 saturated carbocycles. The average Bonchev–Trinajstić information content (AvgIpc) is 3.42. The van der Waals surface area contributed by atoms with Gasteiger partial charge in [0.2, 0.25) is 0 Å². The van der Waals surface area contributed by atoms with Crippen molar-refractivity contribution in [1.29, 1.82) is 0 Å². The fourth-order valence-corrected chi connectivity index (χ4v) is 4.03. The third kappa shape index (κ3) is 3.54. The average molecular weight is 443 g/mol.